The number of hydrogen-bond acceptors (Lipinski definition) is 6. The Kier molecular flexibility index (Phi) is 4.98. The van der Waals surface area contributed by atoms with Gasteiger partial charge in [0, 0.05) is 54.3 Å². The maximum absolute atomic E-state index is 14.8. The van der Waals surface area contributed by atoms with Gasteiger partial charge in [-0.3, -0.25) is 9.78 Å². The van der Waals surface area contributed by atoms with E-state index in [0.29, 0.717) is 23.7 Å². The van der Waals surface area contributed by atoms with Crippen LogP contribution in [-0.2, 0) is 0 Å². The first-order valence-corrected chi connectivity index (χ1v) is 10.6. The first kappa shape index (κ1) is 19.8. The van der Waals surface area contributed by atoms with Gasteiger partial charge >= 0.3 is 0 Å². The van der Waals surface area contributed by atoms with Crippen molar-refractivity contribution in [2.75, 3.05) is 24.5 Å². The molecule has 2 aliphatic heterocycles. The third kappa shape index (κ3) is 3.59. The Morgan fingerprint density at radius 3 is 2.65 bits per heavy atom. The van der Waals surface area contributed by atoms with Crippen LogP contribution < -0.4 is 10.2 Å². The van der Waals surface area contributed by atoms with Crippen molar-refractivity contribution in [2.24, 2.45) is 11.8 Å². The maximum atomic E-state index is 14.8. The lowest BCUT2D eigenvalue weighted by Gasteiger charge is -2.22. The summed E-state index contributed by atoms with van der Waals surface area (Å²) in [5.41, 5.74) is 2.98. The monoisotopic (exact) mass is 417 g/mol. The molecule has 158 valence electrons. The van der Waals surface area contributed by atoms with Crippen LogP contribution in [0.1, 0.15) is 21.7 Å². The largest absolute Gasteiger partial charge is 0.340 e. The molecule has 2 aliphatic rings. The van der Waals surface area contributed by atoms with Crippen LogP contribution >= 0.6 is 0 Å². The van der Waals surface area contributed by atoms with E-state index >= 15 is 0 Å². The zero-order valence-corrected chi connectivity index (χ0v) is 17.5. The zero-order valence-electron chi connectivity index (χ0n) is 17.5. The van der Waals surface area contributed by atoms with Gasteiger partial charge in [-0.15, -0.1) is 0 Å². The summed E-state index contributed by atoms with van der Waals surface area (Å²) in [7, 11) is 0. The molecule has 1 aromatic carbocycles. The lowest BCUT2D eigenvalue weighted by Crippen LogP contribution is -2.39. The van der Waals surface area contributed by atoms with E-state index in [-0.39, 0.29) is 23.3 Å². The third-order valence-corrected chi connectivity index (χ3v) is 6.26. The Morgan fingerprint density at radius 2 is 1.90 bits per heavy atom. The summed E-state index contributed by atoms with van der Waals surface area (Å²) in [6, 6.07) is 11.6. The molecule has 0 radical (unpaired) electrons. The first-order chi connectivity index (χ1) is 15.0. The van der Waals surface area contributed by atoms with Gasteiger partial charge in [-0.1, -0.05) is 18.2 Å². The number of aryl methyl sites for hydroxylation is 2. The fourth-order valence-corrected chi connectivity index (χ4v) is 4.89. The Morgan fingerprint density at radius 1 is 1.10 bits per heavy atom. The average molecular weight is 417 g/mol. The molecule has 0 aliphatic carbocycles. The number of halogens is 1. The fourth-order valence-electron chi connectivity index (χ4n) is 4.89. The molecule has 0 saturated carbocycles. The predicted molar refractivity (Wildman–Crippen MR) is 116 cm³/mol. The molecule has 2 saturated heterocycles. The van der Waals surface area contributed by atoms with E-state index in [1.54, 1.807) is 36.5 Å². The molecule has 6 nitrogen and oxygen atoms in total. The normalized spacial score (nSPS) is 22.5. The molecule has 7 heteroatoms. The molecule has 31 heavy (non-hydrogen) atoms. The topological polar surface area (TPSA) is 71.0 Å². The van der Waals surface area contributed by atoms with Crippen molar-refractivity contribution in [2.45, 2.75) is 19.9 Å². The zero-order chi connectivity index (χ0) is 21.5. The Labute approximate surface area is 180 Å². The molecule has 5 rings (SSSR count). The van der Waals surface area contributed by atoms with Crippen molar-refractivity contribution in [3.63, 3.8) is 0 Å². The summed E-state index contributed by atoms with van der Waals surface area (Å²) in [6.45, 7) is 6.18. The highest BCUT2D eigenvalue weighted by Gasteiger charge is 2.46. The summed E-state index contributed by atoms with van der Waals surface area (Å²) >= 11 is 0. The number of anilines is 1. The van der Waals surface area contributed by atoms with Crippen LogP contribution in [0.3, 0.4) is 0 Å². The number of aromatic nitrogens is 3. The second-order valence-electron chi connectivity index (χ2n) is 8.41. The number of Topliss-reactive ketones (excluding diaryl/α,β-unsaturated/α-hetero) is 1. The summed E-state index contributed by atoms with van der Waals surface area (Å²) in [5, 5.41) is 3.39. The number of nitrogens with zero attached hydrogens (tertiary/aromatic N) is 4. The molecule has 2 fully saturated rings. The van der Waals surface area contributed by atoms with Crippen LogP contribution in [0.15, 0.2) is 48.7 Å². The number of ketones is 1. The molecule has 3 aromatic rings. The highest BCUT2D eigenvalue weighted by molar-refractivity contribution is 6.05. The van der Waals surface area contributed by atoms with Gasteiger partial charge in [-0.2, -0.15) is 0 Å². The van der Waals surface area contributed by atoms with Crippen LogP contribution in [0.4, 0.5) is 10.3 Å². The average Bonchev–Trinajstić information content (AvgIpc) is 3.34. The molecule has 0 spiro atoms. The minimum atomic E-state index is -0.434. The van der Waals surface area contributed by atoms with Crippen molar-refractivity contribution in [3.8, 4) is 11.3 Å². The molecule has 3 unspecified atom stereocenters. The van der Waals surface area contributed by atoms with Gasteiger partial charge in [0.25, 0.3) is 0 Å². The minimum Gasteiger partial charge on any atom is -0.340 e. The van der Waals surface area contributed by atoms with Crippen LogP contribution in [0.2, 0.25) is 0 Å². The van der Waals surface area contributed by atoms with Crippen molar-refractivity contribution in [1.29, 1.82) is 0 Å². The van der Waals surface area contributed by atoms with Crippen LogP contribution in [0.25, 0.3) is 11.3 Å². The quantitative estimate of drug-likeness (QED) is 0.658. The van der Waals surface area contributed by atoms with Gasteiger partial charge in [-0.05, 0) is 44.0 Å². The van der Waals surface area contributed by atoms with Gasteiger partial charge in [0.2, 0.25) is 5.95 Å². The minimum absolute atomic E-state index is 0.0872. The summed E-state index contributed by atoms with van der Waals surface area (Å²) in [6.07, 6.45) is 1.61. The van der Waals surface area contributed by atoms with Crippen molar-refractivity contribution >= 4 is 11.7 Å². The van der Waals surface area contributed by atoms with Crippen molar-refractivity contribution in [3.05, 3.63) is 71.4 Å². The Hall–Kier alpha value is -3.19. The highest BCUT2D eigenvalue weighted by Crippen LogP contribution is 2.35. The number of pyridine rings is 1. The van der Waals surface area contributed by atoms with Crippen molar-refractivity contribution < 1.29 is 9.18 Å². The van der Waals surface area contributed by atoms with E-state index in [0.717, 1.165) is 30.4 Å². The van der Waals surface area contributed by atoms with E-state index in [9.17, 15) is 9.18 Å². The number of nitrogens with one attached hydrogen (secondary N) is 1. The lowest BCUT2D eigenvalue weighted by molar-refractivity contribution is 0.0931. The van der Waals surface area contributed by atoms with Crippen LogP contribution in [0.5, 0.6) is 0 Å². The maximum Gasteiger partial charge on any atom is 0.225 e. The van der Waals surface area contributed by atoms with Gasteiger partial charge in [0.05, 0.1) is 11.7 Å². The highest BCUT2D eigenvalue weighted by atomic mass is 19.1. The molecule has 1 N–H and O–H groups in total. The van der Waals surface area contributed by atoms with Crippen LogP contribution in [-0.4, -0.2) is 46.4 Å². The molecule has 4 heterocycles. The number of carbonyl (C=O) groups excluding carboxylic acids is 1. The van der Waals surface area contributed by atoms with Gasteiger partial charge in [0.15, 0.2) is 5.78 Å². The molecule has 0 amide bonds. The Balaban J connectivity index is 1.44. The predicted octanol–water partition coefficient (Wildman–Crippen LogP) is 3.20. The molecular formula is C24H24FN5O. The Bertz CT molecular complexity index is 1120. The smallest absolute Gasteiger partial charge is 0.225 e. The number of hydrogen-bond donors (Lipinski definition) is 1. The number of carbonyl (C=O) groups is 1. The fraction of sp³-hybridized carbons (Fsp3) is 0.333. The number of fused-ring (bicyclic) bond motifs is 1. The van der Waals surface area contributed by atoms with E-state index < -0.39 is 5.82 Å². The molecule has 0 bridgehead atoms. The second-order valence-corrected chi connectivity index (χ2v) is 8.41. The lowest BCUT2D eigenvalue weighted by atomic mass is 9.87. The molecule has 3 atom stereocenters. The molecule has 2 aromatic heterocycles. The first-order valence-electron chi connectivity index (χ1n) is 10.6. The number of benzene rings is 1. The van der Waals surface area contributed by atoms with E-state index in [1.165, 1.54) is 6.07 Å². The van der Waals surface area contributed by atoms with E-state index in [4.69, 9.17) is 0 Å². The standard InChI is InChI=1S/C24H24FN5O/c1-14-10-15(2)29-24(28-14)30-12-16-11-27-22(18(16)13-30)23(31)17-6-5-7-19(25)21(17)20-8-3-4-9-26-20/h3-10,16,18,22,27H,11-13H2,1-2H3. The van der Waals surface area contributed by atoms with Gasteiger partial charge in [-0.25, -0.2) is 14.4 Å². The number of rotatable bonds is 4. The second kappa shape index (κ2) is 7.81. The summed E-state index contributed by atoms with van der Waals surface area (Å²) in [4.78, 5) is 29.2. The van der Waals surface area contributed by atoms with Crippen molar-refractivity contribution in [1.82, 2.24) is 20.3 Å². The van der Waals surface area contributed by atoms with E-state index in [1.807, 2.05) is 19.9 Å². The summed E-state index contributed by atoms with van der Waals surface area (Å²) < 4.78 is 14.8. The summed E-state index contributed by atoms with van der Waals surface area (Å²) in [5.74, 6) is 0.645. The van der Waals surface area contributed by atoms with Crippen LogP contribution in [0, 0.1) is 31.5 Å². The van der Waals surface area contributed by atoms with Gasteiger partial charge in [0.1, 0.15) is 5.82 Å². The van der Waals surface area contributed by atoms with Gasteiger partial charge < -0.3 is 10.2 Å². The third-order valence-electron chi connectivity index (χ3n) is 6.26. The SMILES string of the molecule is Cc1cc(C)nc(N2CC3CNC(C(=O)c4cccc(F)c4-c4ccccn4)C3C2)n1. The van der Waals surface area contributed by atoms with E-state index in [2.05, 4.69) is 25.2 Å². The molecular weight excluding hydrogens is 393 g/mol.